The molecule has 5 heteroatoms. The number of aryl methyl sites for hydroxylation is 2. The highest BCUT2D eigenvalue weighted by Gasteiger charge is 2.12. The lowest BCUT2D eigenvalue weighted by atomic mass is 10.0. The number of hydrogen-bond acceptors (Lipinski definition) is 3. The van der Waals surface area contributed by atoms with Gasteiger partial charge in [-0.05, 0) is 60.1 Å². The van der Waals surface area contributed by atoms with Crippen LogP contribution >= 0.6 is 0 Å². The molecular weight excluding hydrogens is 342 g/mol. The third-order valence-electron chi connectivity index (χ3n) is 4.74. The molecule has 0 atom stereocenters. The van der Waals surface area contributed by atoms with Crippen molar-refractivity contribution in [1.29, 1.82) is 0 Å². The first kappa shape index (κ1) is 19.0. The van der Waals surface area contributed by atoms with Gasteiger partial charge in [0.15, 0.2) is 0 Å². The molecular formula is C22H25NO4. The average molecular weight is 367 g/mol. The van der Waals surface area contributed by atoms with Crippen LogP contribution in [-0.2, 0) is 35.4 Å². The lowest BCUT2D eigenvalue weighted by Crippen LogP contribution is -2.24. The molecule has 1 aliphatic carbocycles. The Morgan fingerprint density at radius 3 is 2.52 bits per heavy atom. The summed E-state index contributed by atoms with van der Waals surface area (Å²) in [5.41, 5.74) is 4.87. The molecule has 27 heavy (non-hydrogen) atoms. The Bertz CT molecular complexity index is 798. The van der Waals surface area contributed by atoms with E-state index in [0.29, 0.717) is 31.7 Å². The van der Waals surface area contributed by atoms with Crippen LogP contribution in [0.2, 0.25) is 0 Å². The first-order valence-electron chi connectivity index (χ1n) is 9.41. The van der Waals surface area contributed by atoms with Gasteiger partial charge in [0.05, 0.1) is 13.0 Å². The van der Waals surface area contributed by atoms with Crippen LogP contribution in [0.3, 0.4) is 0 Å². The third-order valence-corrected chi connectivity index (χ3v) is 4.74. The number of ether oxygens (including phenoxy) is 1. The van der Waals surface area contributed by atoms with E-state index in [9.17, 15) is 9.59 Å². The Balaban J connectivity index is 1.41. The number of carboxylic acid groups (broad SMARTS) is 1. The largest absolute Gasteiger partial charge is 0.494 e. The van der Waals surface area contributed by atoms with Gasteiger partial charge in [-0.2, -0.15) is 0 Å². The number of aliphatic carboxylic acids is 1. The molecule has 3 rings (SSSR count). The van der Waals surface area contributed by atoms with Gasteiger partial charge in [0.25, 0.3) is 0 Å². The molecule has 0 radical (unpaired) electrons. The summed E-state index contributed by atoms with van der Waals surface area (Å²) in [5.74, 6) is -0.0971. The molecule has 0 bridgehead atoms. The van der Waals surface area contributed by atoms with Crippen molar-refractivity contribution in [3.63, 3.8) is 0 Å². The zero-order valence-electron chi connectivity index (χ0n) is 15.4. The maximum atomic E-state index is 12.2. The SMILES string of the molecule is O=C(O)CCCOc1ccc(CNC(=O)Cc2ccc3c(c2)CCC3)cc1. The van der Waals surface area contributed by atoms with Gasteiger partial charge in [-0.25, -0.2) is 0 Å². The number of carboxylic acids is 1. The number of fused-ring (bicyclic) bond motifs is 1. The van der Waals surface area contributed by atoms with Crippen LogP contribution in [-0.4, -0.2) is 23.6 Å². The van der Waals surface area contributed by atoms with Crippen LogP contribution in [0.1, 0.15) is 41.5 Å². The highest BCUT2D eigenvalue weighted by Crippen LogP contribution is 2.23. The molecule has 0 spiro atoms. The summed E-state index contributed by atoms with van der Waals surface area (Å²) < 4.78 is 5.50. The van der Waals surface area contributed by atoms with Crippen molar-refractivity contribution in [3.8, 4) is 5.75 Å². The van der Waals surface area contributed by atoms with Crippen LogP contribution in [0.15, 0.2) is 42.5 Å². The fourth-order valence-corrected chi connectivity index (χ4v) is 3.30. The van der Waals surface area contributed by atoms with Gasteiger partial charge in [0.2, 0.25) is 5.91 Å². The van der Waals surface area contributed by atoms with Gasteiger partial charge < -0.3 is 15.2 Å². The second-order valence-corrected chi connectivity index (χ2v) is 6.90. The average Bonchev–Trinajstić information content (AvgIpc) is 3.12. The van der Waals surface area contributed by atoms with Crippen molar-refractivity contribution < 1.29 is 19.4 Å². The number of amides is 1. The highest BCUT2D eigenvalue weighted by atomic mass is 16.5. The topological polar surface area (TPSA) is 75.6 Å². The van der Waals surface area contributed by atoms with E-state index in [4.69, 9.17) is 9.84 Å². The summed E-state index contributed by atoms with van der Waals surface area (Å²) in [4.78, 5) is 22.7. The van der Waals surface area contributed by atoms with E-state index in [2.05, 4.69) is 23.5 Å². The first-order valence-corrected chi connectivity index (χ1v) is 9.41. The molecule has 5 nitrogen and oxygen atoms in total. The summed E-state index contributed by atoms with van der Waals surface area (Å²) in [6.07, 6.45) is 4.48. The lowest BCUT2D eigenvalue weighted by Gasteiger charge is -2.09. The number of rotatable bonds is 9. The molecule has 0 heterocycles. The molecule has 1 amide bonds. The molecule has 0 aliphatic heterocycles. The molecule has 0 aromatic heterocycles. The fraction of sp³-hybridized carbons (Fsp3) is 0.364. The van der Waals surface area contributed by atoms with Gasteiger partial charge in [0, 0.05) is 13.0 Å². The second-order valence-electron chi connectivity index (χ2n) is 6.90. The molecule has 0 saturated carbocycles. The second kappa shape index (κ2) is 9.21. The Hall–Kier alpha value is -2.82. The summed E-state index contributed by atoms with van der Waals surface area (Å²) in [7, 11) is 0. The maximum Gasteiger partial charge on any atom is 0.303 e. The molecule has 2 aromatic rings. The maximum absolute atomic E-state index is 12.2. The zero-order valence-corrected chi connectivity index (χ0v) is 15.4. The number of benzene rings is 2. The summed E-state index contributed by atoms with van der Waals surface area (Å²) >= 11 is 0. The highest BCUT2D eigenvalue weighted by molar-refractivity contribution is 5.78. The van der Waals surface area contributed by atoms with Crippen molar-refractivity contribution in [1.82, 2.24) is 5.32 Å². The monoisotopic (exact) mass is 367 g/mol. The van der Waals surface area contributed by atoms with Crippen molar-refractivity contribution in [3.05, 3.63) is 64.7 Å². The Labute approximate surface area is 159 Å². The van der Waals surface area contributed by atoms with E-state index in [-0.39, 0.29) is 12.3 Å². The zero-order chi connectivity index (χ0) is 19.1. The van der Waals surface area contributed by atoms with Gasteiger partial charge in [-0.1, -0.05) is 30.3 Å². The molecule has 0 unspecified atom stereocenters. The molecule has 1 aliphatic rings. The van der Waals surface area contributed by atoms with Crippen molar-refractivity contribution >= 4 is 11.9 Å². The van der Waals surface area contributed by atoms with Crippen LogP contribution in [0.4, 0.5) is 0 Å². The normalized spacial score (nSPS) is 12.4. The van der Waals surface area contributed by atoms with Crippen molar-refractivity contribution in [2.75, 3.05) is 6.61 Å². The van der Waals surface area contributed by atoms with Gasteiger partial charge >= 0.3 is 5.97 Å². The first-order chi connectivity index (χ1) is 13.1. The number of nitrogens with one attached hydrogen (secondary N) is 1. The van der Waals surface area contributed by atoms with Crippen LogP contribution < -0.4 is 10.1 Å². The lowest BCUT2D eigenvalue weighted by molar-refractivity contribution is -0.137. The number of hydrogen-bond donors (Lipinski definition) is 2. The predicted octanol–water partition coefficient (Wildman–Crippen LogP) is 3.28. The summed E-state index contributed by atoms with van der Waals surface area (Å²) in [6.45, 7) is 0.853. The molecule has 2 N–H and O–H groups in total. The van der Waals surface area contributed by atoms with E-state index in [1.165, 1.54) is 17.5 Å². The van der Waals surface area contributed by atoms with E-state index in [1.54, 1.807) is 0 Å². The minimum Gasteiger partial charge on any atom is -0.494 e. The molecule has 0 saturated heterocycles. The summed E-state index contributed by atoms with van der Waals surface area (Å²) in [6, 6.07) is 13.9. The predicted molar refractivity (Wildman–Crippen MR) is 103 cm³/mol. The van der Waals surface area contributed by atoms with E-state index >= 15 is 0 Å². The molecule has 2 aromatic carbocycles. The summed E-state index contributed by atoms with van der Waals surface area (Å²) in [5, 5.41) is 11.5. The standard InChI is InChI=1S/C22H25NO4/c24-21(14-17-6-9-18-3-1-4-19(18)13-17)23-15-16-7-10-20(11-8-16)27-12-2-5-22(25)26/h6-11,13H,1-5,12,14-15H2,(H,23,24)(H,25,26). The minimum absolute atomic E-state index is 0.0157. The van der Waals surface area contributed by atoms with E-state index in [0.717, 1.165) is 24.0 Å². The molecule has 0 fully saturated rings. The Morgan fingerprint density at radius 1 is 1.00 bits per heavy atom. The van der Waals surface area contributed by atoms with Crippen LogP contribution in [0.5, 0.6) is 5.75 Å². The minimum atomic E-state index is -0.815. The smallest absolute Gasteiger partial charge is 0.303 e. The van der Waals surface area contributed by atoms with E-state index < -0.39 is 5.97 Å². The van der Waals surface area contributed by atoms with Gasteiger partial charge in [-0.15, -0.1) is 0 Å². The fourth-order valence-electron chi connectivity index (χ4n) is 3.30. The van der Waals surface area contributed by atoms with Crippen LogP contribution in [0, 0.1) is 0 Å². The quantitative estimate of drug-likeness (QED) is 0.667. The van der Waals surface area contributed by atoms with Crippen molar-refractivity contribution in [2.45, 2.75) is 45.1 Å². The van der Waals surface area contributed by atoms with E-state index in [1.807, 2.05) is 24.3 Å². The van der Waals surface area contributed by atoms with Crippen LogP contribution in [0.25, 0.3) is 0 Å². The third kappa shape index (κ3) is 5.84. The van der Waals surface area contributed by atoms with Gasteiger partial charge in [-0.3, -0.25) is 9.59 Å². The number of carbonyl (C=O) groups is 2. The molecule has 142 valence electrons. The Morgan fingerprint density at radius 2 is 1.74 bits per heavy atom. The Kier molecular flexibility index (Phi) is 6.47. The van der Waals surface area contributed by atoms with Gasteiger partial charge in [0.1, 0.15) is 5.75 Å². The van der Waals surface area contributed by atoms with Crippen molar-refractivity contribution in [2.24, 2.45) is 0 Å². The number of carbonyl (C=O) groups excluding carboxylic acids is 1.